The van der Waals surface area contributed by atoms with E-state index in [4.69, 9.17) is 4.74 Å². The molecule has 0 saturated heterocycles. The number of nitro benzene ring substituents is 1. The number of hydrogen-bond donors (Lipinski definition) is 1. The van der Waals surface area contributed by atoms with Crippen molar-refractivity contribution in [3.8, 4) is 5.75 Å². The van der Waals surface area contributed by atoms with Crippen LogP contribution in [0.4, 0.5) is 5.69 Å². The van der Waals surface area contributed by atoms with Gasteiger partial charge in [0.15, 0.2) is 10.9 Å². The molecule has 0 amide bonds. The fourth-order valence-corrected chi connectivity index (χ4v) is 2.61. The maximum absolute atomic E-state index is 12.1. The first-order chi connectivity index (χ1) is 11.0. The van der Waals surface area contributed by atoms with Crippen molar-refractivity contribution in [1.29, 1.82) is 0 Å². The van der Waals surface area contributed by atoms with Gasteiger partial charge in [-0.2, -0.15) is 0 Å². The quantitative estimate of drug-likeness (QED) is 0.377. The lowest BCUT2D eigenvalue weighted by Crippen LogP contribution is -2.17. The molecular formula is C15H17N3O4S. The average molecular weight is 335 g/mol. The minimum atomic E-state index is -0.485. The maximum Gasteiger partial charge on any atom is 0.311 e. The third-order valence-electron chi connectivity index (χ3n) is 3.29. The van der Waals surface area contributed by atoms with Gasteiger partial charge in [-0.05, 0) is 31.7 Å². The number of hydrogen-bond acceptors (Lipinski definition) is 6. The zero-order chi connectivity index (χ0) is 17.0. The van der Waals surface area contributed by atoms with Gasteiger partial charge in [0.25, 0.3) is 5.56 Å². The number of benzene rings is 1. The van der Waals surface area contributed by atoms with Crippen LogP contribution >= 0.6 is 11.8 Å². The number of aromatic amines is 1. The molecule has 0 aliphatic carbocycles. The van der Waals surface area contributed by atoms with Gasteiger partial charge < -0.3 is 9.72 Å². The van der Waals surface area contributed by atoms with Gasteiger partial charge in [0.2, 0.25) is 0 Å². The monoisotopic (exact) mass is 335 g/mol. The van der Waals surface area contributed by atoms with Crippen LogP contribution in [0.3, 0.4) is 0 Å². The number of nitrogens with one attached hydrogen (secondary N) is 1. The minimum Gasteiger partial charge on any atom is -0.487 e. The molecule has 2 aromatic rings. The molecular weight excluding hydrogens is 318 g/mol. The van der Waals surface area contributed by atoms with Gasteiger partial charge in [0.1, 0.15) is 0 Å². The molecule has 0 atom stereocenters. The molecule has 0 spiro atoms. The maximum atomic E-state index is 12.1. The molecule has 0 aliphatic heterocycles. The number of nitrogens with zero attached hydrogens (tertiary/aromatic N) is 2. The van der Waals surface area contributed by atoms with Gasteiger partial charge in [0, 0.05) is 23.7 Å². The van der Waals surface area contributed by atoms with Crippen LogP contribution in [0.25, 0.3) is 0 Å². The Morgan fingerprint density at radius 1 is 1.43 bits per heavy atom. The molecule has 0 fully saturated rings. The number of nitro groups is 1. The van der Waals surface area contributed by atoms with Crippen molar-refractivity contribution >= 4 is 17.4 Å². The number of thioether (sulfide) groups is 1. The molecule has 7 nitrogen and oxygen atoms in total. The number of H-pyrrole nitrogens is 1. The molecule has 2 rings (SSSR count). The number of rotatable bonds is 6. The van der Waals surface area contributed by atoms with E-state index in [1.54, 1.807) is 26.0 Å². The Morgan fingerprint density at radius 3 is 2.74 bits per heavy atom. The smallest absolute Gasteiger partial charge is 0.311 e. The Balaban J connectivity index is 2.39. The summed E-state index contributed by atoms with van der Waals surface area (Å²) in [5.41, 5.74) is 1.45. The summed E-state index contributed by atoms with van der Waals surface area (Å²) >= 11 is 1.35. The lowest BCUT2D eigenvalue weighted by Gasteiger charge is -2.08. The van der Waals surface area contributed by atoms with Gasteiger partial charge in [0.05, 0.1) is 11.5 Å². The van der Waals surface area contributed by atoms with E-state index in [2.05, 4.69) is 9.97 Å². The van der Waals surface area contributed by atoms with Crippen LogP contribution in [0, 0.1) is 17.0 Å². The largest absolute Gasteiger partial charge is 0.487 e. The van der Waals surface area contributed by atoms with E-state index in [1.165, 1.54) is 17.8 Å². The normalized spacial score (nSPS) is 10.6. The van der Waals surface area contributed by atoms with E-state index in [-0.39, 0.29) is 23.4 Å². The Morgan fingerprint density at radius 2 is 2.17 bits per heavy atom. The van der Waals surface area contributed by atoms with Gasteiger partial charge in [-0.1, -0.05) is 17.8 Å². The Kier molecular flexibility index (Phi) is 5.38. The summed E-state index contributed by atoms with van der Waals surface area (Å²) in [6.07, 6.45) is 2.10. The third-order valence-corrected chi connectivity index (χ3v) is 3.87. The fraction of sp³-hybridized carbons (Fsp3) is 0.333. The number of aryl methyl sites for hydroxylation is 1. The summed E-state index contributed by atoms with van der Waals surface area (Å²) in [5, 5.41) is 11.7. The van der Waals surface area contributed by atoms with E-state index >= 15 is 0 Å². The van der Waals surface area contributed by atoms with Crippen molar-refractivity contribution in [3.63, 3.8) is 0 Å². The molecule has 0 bridgehead atoms. The molecule has 0 aliphatic rings. The van der Waals surface area contributed by atoms with Crippen molar-refractivity contribution in [1.82, 2.24) is 9.97 Å². The minimum absolute atomic E-state index is 0.105. The van der Waals surface area contributed by atoms with Crippen LogP contribution in [0.1, 0.15) is 23.7 Å². The zero-order valence-corrected chi connectivity index (χ0v) is 13.9. The molecule has 23 heavy (non-hydrogen) atoms. The lowest BCUT2D eigenvalue weighted by atomic mass is 10.0. The van der Waals surface area contributed by atoms with E-state index in [1.807, 2.05) is 6.26 Å². The van der Waals surface area contributed by atoms with Crippen LogP contribution in [-0.4, -0.2) is 27.8 Å². The predicted octanol–water partition coefficient (Wildman–Crippen LogP) is 2.70. The summed E-state index contributed by atoms with van der Waals surface area (Å²) in [5.74, 6) is 0.225. The molecule has 0 radical (unpaired) electrons. The van der Waals surface area contributed by atoms with Crippen molar-refractivity contribution in [2.45, 2.75) is 25.4 Å². The average Bonchev–Trinajstić information content (AvgIpc) is 2.51. The van der Waals surface area contributed by atoms with Crippen molar-refractivity contribution < 1.29 is 9.66 Å². The molecule has 8 heteroatoms. The van der Waals surface area contributed by atoms with E-state index in [0.29, 0.717) is 28.6 Å². The van der Waals surface area contributed by atoms with Crippen LogP contribution in [0.15, 0.2) is 28.2 Å². The predicted molar refractivity (Wildman–Crippen MR) is 88.4 cm³/mol. The highest BCUT2D eigenvalue weighted by Crippen LogP contribution is 2.28. The SMILES string of the molecule is CCOc1ccc(Cc2c(C)nc(SC)[nH]c2=O)cc1[N+](=O)[O-]. The van der Waals surface area contributed by atoms with Crippen molar-refractivity contribution in [2.24, 2.45) is 0 Å². The number of ether oxygens (including phenoxy) is 1. The number of aromatic nitrogens is 2. The summed E-state index contributed by atoms with van der Waals surface area (Å²) in [6.45, 7) is 3.87. The summed E-state index contributed by atoms with van der Waals surface area (Å²) in [6, 6.07) is 4.72. The van der Waals surface area contributed by atoms with Crippen LogP contribution in [0.2, 0.25) is 0 Å². The highest BCUT2D eigenvalue weighted by atomic mass is 32.2. The molecule has 1 heterocycles. The lowest BCUT2D eigenvalue weighted by molar-refractivity contribution is -0.385. The third kappa shape index (κ3) is 3.89. The van der Waals surface area contributed by atoms with Gasteiger partial charge in [-0.15, -0.1) is 0 Å². The van der Waals surface area contributed by atoms with Crippen LogP contribution in [-0.2, 0) is 6.42 Å². The van der Waals surface area contributed by atoms with Crippen LogP contribution < -0.4 is 10.3 Å². The van der Waals surface area contributed by atoms with E-state index in [9.17, 15) is 14.9 Å². The second kappa shape index (κ2) is 7.28. The molecule has 1 aromatic heterocycles. The van der Waals surface area contributed by atoms with Gasteiger partial charge >= 0.3 is 5.69 Å². The molecule has 0 saturated carbocycles. The van der Waals surface area contributed by atoms with Gasteiger partial charge in [-0.3, -0.25) is 14.9 Å². The Hall–Kier alpha value is -2.35. The summed E-state index contributed by atoms with van der Waals surface area (Å²) in [7, 11) is 0. The standard InChI is InChI=1S/C15H17N3O4S/c1-4-22-13-6-5-10(8-12(13)18(20)21)7-11-9(2)16-15(23-3)17-14(11)19/h5-6,8H,4,7H2,1-3H3,(H,16,17,19). The topological polar surface area (TPSA) is 98.1 Å². The van der Waals surface area contributed by atoms with Crippen molar-refractivity contribution in [2.75, 3.05) is 12.9 Å². The summed E-state index contributed by atoms with van der Waals surface area (Å²) < 4.78 is 5.26. The molecule has 1 N–H and O–H groups in total. The Bertz CT molecular complexity index is 789. The molecule has 0 unspecified atom stereocenters. The van der Waals surface area contributed by atoms with E-state index in [0.717, 1.165) is 0 Å². The zero-order valence-electron chi connectivity index (χ0n) is 13.1. The Labute approximate surface area is 137 Å². The van der Waals surface area contributed by atoms with E-state index < -0.39 is 4.92 Å². The van der Waals surface area contributed by atoms with Gasteiger partial charge in [-0.25, -0.2) is 4.98 Å². The highest BCUT2D eigenvalue weighted by molar-refractivity contribution is 7.98. The first-order valence-corrected chi connectivity index (χ1v) is 8.22. The summed E-state index contributed by atoms with van der Waals surface area (Å²) in [4.78, 5) is 29.8. The molecule has 122 valence electrons. The second-order valence-corrected chi connectivity index (χ2v) is 5.60. The van der Waals surface area contributed by atoms with Crippen LogP contribution in [0.5, 0.6) is 5.75 Å². The highest BCUT2D eigenvalue weighted by Gasteiger charge is 2.17. The first-order valence-electron chi connectivity index (χ1n) is 7.00. The van der Waals surface area contributed by atoms with Crippen molar-refractivity contribution in [3.05, 3.63) is 55.5 Å². The first kappa shape index (κ1) is 17.0. The second-order valence-electron chi connectivity index (χ2n) is 4.81. The molecule has 1 aromatic carbocycles. The fourth-order valence-electron chi connectivity index (χ4n) is 2.19.